The first-order valence-corrected chi connectivity index (χ1v) is 7.40. The van der Waals surface area contributed by atoms with Gasteiger partial charge in [-0.2, -0.15) is 5.10 Å². The summed E-state index contributed by atoms with van der Waals surface area (Å²) in [5.41, 5.74) is 4.11. The van der Waals surface area contributed by atoms with Crippen LogP contribution in [-0.2, 0) is 13.0 Å². The smallest absolute Gasteiger partial charge is 0.130 e. The van der Waals surface area contributed by atoms with E-state index in [2.05, 4.69) is 26.5 Å². The van der Waals surface area contributed by atoms with E-state index in [1.807, 2.05) is 13.8 Å². The van der Waals surface area contributed by atoms with Gasteiger partial charge in [0.05, 0.1) is 21.9 Å². The number of hydrazine groups is 1. The normalized spacial score (nSPS) is 12.7. The second-order valence-corrected chi connectivity index (χ2v) is 5.51. The lowest BCUT2D eigenvalue weighted by Crippen LogP contribution is -2.31. The van der Waals surface area contributed by atoms with Crippen LogP contribution in [0.25, 0.3) is 0 Å². The standard InChI is InChI=1S/C14H17BrF2N4/c1-3-21-12(14(15)8(2)20-21)7-11(19-18)13-9(16)5-4-6-10(13)17/h4-6,11,19H,3,7,18H2,1-2H3. The third-order valence-electron chi connectivity index (χ3n) is 3.40. The molecule has 114 valence electrons. The molecule has 1 heterocycles. The van der Waals surface area contributed by atoms with E-state index in [0.717, 1.165) is 15.9 Å². The van der Waals surface area contributed by atoms with Gasteiger partial charge in [0.2, 0.25) is 0 Å². The van der Waals surface area contributed by atoms with Crippen molar-refractivity contribution in [1.82, 2.24) is 15.2 Å². The second-order valence-electron chi connectivity index (χ2n) is 4.72. The Morgan fingerprint density at radius 2 is 2.00 bits per heavy atom. The molecule has 0 aliphatic heterocycles. The van der Waals surface area contributed by atoms with Crippen molar-refractivity contribution in [3.8, 4) is 0 Å². The molecule has 1 aromatic heterocycles. The van der Waals surface area contributed by atoms with E-state index in [9.17, 15) is 8.78 Å². The van der Waals surface area contributed by atoms with Crippen LogP contribution >= 0.6 is 15.9 Å². The summed E-state index contributed by atoms with van der Waals surface area (Å²) >= 11 is 3.47. The summed E-state index contributed by atoms with van der Waals surface area (Å²) in [5, 5.41) is 4.37. The zero-order valence-corrected chi connectivity index (χ0v) is 13.4. The molecule has 3 N–H and O–H groups in total. The molecule has 4 nitrogen and oxygen atoms in total. The molecule has 0 amide bonds. The maximum absolute atomic E-state index is 13.9. The van der Waals surface area contributed by atoms with Crippen LogP contribution in [0.4, 0.5) is 8.78 Å². The van der Waals surface area contributed by atoms with Crippen LogP contribution in [-0.4, -0.2) is 9.78 Å². The largest absolute Gasteiger partial charge is 0.271 e. The number of aryl methyl sites for hydroxylation is 2. The first-order valence-electron chi connectivity index (χ1n) is 6.61. The van der Waals surface area contributed by atoms with Crippen LogP contribution in [0.1, 0.15) is 29.9 Å². The number of nitrogens with two attached hydrogens (primary N) is 1. The number of hydrogen-bond donors (Lipinski definition) is 2. The summed E-state index contributed by atoms with van der Waals surface area (Å²) in [6, 6.07) is 3.10. The van der Waals surface area contributed by atoms with E-state index in [4.69, 9.17) is 5.84 Å². The molecule has 1 atom stereocenters. The molecule has 0 spiro atoms. The number of halogens is 3. The Morgan fingerprint density at radius 3 is 2.52 bits per heavy atom. The molecule has 0 aliphatic rings. The average Bonchev–Trinajstić information content (AvgIpc) is 2.73. The maximum atomic E-state index is 13.9. The van der Waals surface area contributed by atoms with Crippen molar-refractivity contribution < 1.29 is 8.78 Å². The number of hydrogen-bond acceptors (Lipinski definition) is 3. The SMILES string of the molecule is CCn1nc(C)c(Br)c1CC(NN)c1c(F)cccc1F. The molecule has 1 aromatic carbocycles. The lowest BCUT2D eigenvalue weighted by molar-refractivity contribution is 0.459. The van der Waals surface area contributed by atoms with Crippen LogP contribution < -0.4 is 11.3 Å². The molecule has 1 unspecified atom stereocenters. The fraction of sp³-hybridized carbons (Fsp3) is 0.357. The highest BCUT2D eigenvalue weighted by atomic mass is 79.9. The lowest BCUT2D eigenvalue weighted by Gasteiger charge is -2.18. The minimum Gasteiger partial charge on any atom is -0.271 e. The average molecular weight is 359 g/mol. The maximum Gasteiger partial charge on any atom is 0.130 e. The van der Waals surface area contributed by atoms with Crippen LogP contribution in [0.2, 0.25) is 0 Å². The minimum absolute atomic E-state index is 0.0617. The number of aromatic nitrogens is 2. The highest BCUT2D eigenvalue weighted by Crippen LogP contribution is 2.28. The van der Waals surface area contributed by atoms with E-state index in [0.29, 0.717) is 13.0 Å². The van der Waals surface area contributed by atoms with Crippen LogP contribution in [0.3, 0.4) is 0 Å². The van der Waals surface area contributed by atoms with Crippen molar-refractivity contribution >= 4 is 15.9 Å². The molecule has 2 rings (SSSR count). The van der Waals surface area contributed by atoms with Crippen molar-refractivity contribution in [3.05, 3.63) is 51.3 Å². The van der Waals surface area contributed by atoms with Crippen molar-refractivity contribution in [2.75, 3.05) is 0 Å². The molecule has 0 aliphatic carbocycles. The number of rotatable bonds is 5. The van der Waals surface area contributed by atoms with Gasteiger partial charge >= 0.3 is 0 Å². The van der Waals surface area contributed by atoms with E-state index >= 15 is 0 Å². The first-order chi connectivity index (χ1) is 9.99. The van der Waals surface area contributed by atoms with Gasteiger partial charge in [0.25, 0.3) is 0 Å². The summed E-state index contributed by atoms with van der Waals surface area (Å²) in [7, 11) is 0. The van der Waals surface area contributed by atoms with Gasteiger partial charge in [-0.1, -0.05) is 6.07 Å². The zero-order chi connectivity index (χ0) is 15.6. The summed E-state index contributed by atoms with van der Waals surface area (Å²) in [6.45, 7) is 4.49. The summed E-state index contributed by atoms with van der Waals surface area (Å²) in [5.74, 6) is 4.28. The molecular weight excluding hydrogens is 342 g/mol. The third kappa shape index (κ3) is 3.14. The van der Waals surface area contributed by atoms with Gasteiger partial charge < -0.3 is 0 Å². The number of nitrogens with one attached hydrogen (secondary N) is 1. The van der Waals surface area contributed by atoms with E-state index in [1.54, 1.807) is 4.68 Å². The molecule has 2 aromatic rings. The van der Waals surface area contributed by atoms with Crippen LogP contribution in [0, 0.1) is 18.6 Å². The number of nitrogens with zero attached hydrogens (tertiary/aromatic N) is 2. The predicted octanol–water partition coefficient (Wildman–Crippen LogP) is 3.00. The van der Waals surface area contributed by atoms with E-state index in [-0.39, 0.29) is 5.56 Å². The minimum atomic E-state index is -0.677. The Morgan fingerprint density at radius 1 is 1.38 bits per heavy atom. The molecule has 0 fully saturated rings. The van der Waals surface area contributed by atoms with Gasteiger partial charge in [-0.3, -0.25) is 16.0 Å². The summed E-state index contributed by atoms with van der Waals surface area (Å²) in [4.78, 5) is 0. The van der Waals surface area contributed by atoms with Crippen molar-refractivity contribution in [1.29, 1.82) is 0 Å². The molecule has 0 saturated carbocycles. The third-order valence-corrected chi connectivity index (χ3v) is 4.43. The molecule has 0 bridgehead atoms. The van der Waals surface area contributed by atoms with Crippen LogP contribution in [0.15, 0.2) is 22.7 Å². The highest BCUT2D eigenvalue weighted by Gasteiger charge is 2.23. The van der Waals surface area contributed by atoms with Crippen LogP contribution in [0.5, 0.6) is 0 Å². The predicted molar refractivity (Wildman–Crippen MR) is 80.5 cm³/mol. The highest BCUT2D eigenvalue weighted by molar-refractivity contribution is 9.10. The Labute approximate surface area is 130 Å². The summed E-state index contributed by atoms with van der Waals surface area (Å²) < 4.78 is 30.4. The monoisotopic (exact) mass is 358 g/mol. The van der Waals surface area contributed by atoms with Gasteiger partial charge in [0.15, 0.2) is 0 Å². The lowest BCUT2D eigenvalue weighted by atomic mass is 10.0. The van der Waals surface area contributed by atoms with Gasteiger partial charge in [-0.05, 0) is 41.9 Å². The Hall–Kier alpha value is -1.31. The van der Waals surface area contributed by atoms with Crippen molar-refractivity contribution in [2.45, 2.75) is 32.9 Å². The molecule has 7 heteroatoms. The first kappa shape index (κ1) is 16.1. The Balaban J connectivity index is 2.41. The molecule has 0 saturated heterocycles. The van der Waals surface area contributed by atoms with Gasteiger partial charge in [0.1, 0.15) is 11.6 Å². The Kier molecular flexibility index (Phi) is 5.08. The van der Waals surface area contributed by atoms with Gasteiger partial charge in [0, 0.05) is 18.5 Å². The Bertz CT molecular complexity index is 622. The van der Waals surface area contributed by atoms with Crippen molar-refractivity contribution in [3.63, 3.8) is 0 Å². The zero-order valence-electron chi connectivity index (χ0n) is 11.8. The fourth-order valence-electron chi connectivity index (χ4n) is 2.35. The number of benzene rings is 1. The molecular formula is C14H17BrF2N4. The van der Waals surface area contributed by atoms with E-state index in [1.165, 1.54) is 18.2 Å². The quantitative estimate of drug-likeness (QED) is 0.638. The topological polar surface area (TPSA) is 55.9 Å². The van der Waals surface area contributed by atoms with Gasteiger partial charge in [-0.15, -0.1) is 0 Å². The summed E-state index contributed by atoms with van der Waals surface area (Å²) in [6.07, 6.45) is 0.323. The van der Waals surface area contributed by atoms with E-state index < -0.39 is 17.7 Å². The molecule has 21 heavy (non-hydrogen) atoms. The van der Waals surface area contributed by atoms with Crippen molar-refractivity contribution in [2.24, 2.45) is 5.84 Å². The molecule has 0 radical (unpaired) electrons. The second kappa shape index (κ2) is 6.64. The fourth-order valence-corrected chi connectivity index (χ4v) is 2.79. The van der Waals surface area contributed by atoms with Gasteiger partial charge in [-0.25, -0.2) is 8.78 Å².